The van der Waals surface area contributed by atoms with Crippen LogP contribution in [0.15, 0.2) is 43.0 Å². The average molecular weight is 327 g/mol. The Bertz CT molecular complexity index is 814. The molecule has 3 aromatic rings. The lowest BCUT2D eigenvalue weighted by atomic mass is 10.1. The van der Waals surface area contributed by atoms with E-state index in [4.69, 9.17) is 17.3 Å². The molecule has 3 rings (SSSR count). The molecule has 0 aliphatic carbocycles. The number of alkyl halides is 3. The minimum Gasteiger partial charge on any atom is -0.319 e. The van der Waals surface area contributed by atoms with Crippen LogP contribution in [0.5, 0.6) is 0 Å². The fraction of sp³-hybridized carbons (Fsp3) is 0.143. The molecule has 0 saturated carbocycles. The van der Waals surface area contributed by atoms with Gasteiger partial charge in [-0.25, -0.2) is 4.98 Å². The largest absolute Gasteiger partial charge is 0.417 e. The van der Waals surface area contributed by atoms with Gasteiger partial charge in [-0.1, -0.05) is 11.6 Å². The quantitative estimate of drug-likeness (QED) is 0.784. The Morgan fingerprint density at radius 2 is 1.91 bits per heavy atom. The summed E-state index contributed by atoms with van der Waals surface area (Å²) in [6, 6.07) is 3.60. The van der Waals surface area contributed by atoms with Gasteiger partial charge in [-0.15, -0.1) is 0 Å². The molecule has 0 aromatic carbocycles. The SMILES string of the molecule is NC(c1ccncc1)c1cnc2c(Cl)cc(C(F)(F)F)cn12. The fourth-order valence-corrected chi connectivity index (χ4v) is 2.45. The number of aromatic nitrogens is 3. The molecule has 114 valence electrons. The second-order valence-corrected chi connectivity index (χ2v) is 5.12. The second-order valence-electron chi connectivity index (χ2n) is 4.71. The highest BCUT2D eigenvalue weighted by Gasteiger charge is 2.32. The first-order valence-corrected chi connectivity index (χ1v) is 6.65. The molecule has 22 heavy (non-hydrogen) atoms. The lowest BCUT2D eigenvalue weighted by molar-refractivity contribution is -0.137. The minimum absolute atomic E-state index is 0.0806. The van der Waals surface area contributed by atoms with Crippen LogP contribution in [0, 0.1) is 0 Å². The van der Waals surface area contributed by atoms with Crippen molar-refractivity contribution in [2.75, 3.05) is 0 Å². The van der Waals surface area contributed by atoms with Crippen molar-refractivity contribution in [3.8, 4) is 0 Å². The third kappa shape index (κ3) is 2.53. The highest BCUT2D eigenvalue weighted by molar-refractivity contribution is 6.33. The van der Waals surface area contributed by atoms with Crippen molar-refractivity contribution in [1.29, 1.82) is 0 Å². The Morgan fingerprint density at radius 1 is 1.23 bits per heavy atom. The van der Waals surface area contributed by atoms with E-state index in [2.05, 4.69) is 9.97 Å². The summed E-state index contributed by atoms with van der Waals surface area (Å²) in [7, 11) is 0. The Kier molecular flexibility index (Phi) is 3.54. The molecule has 0 radical (unpaired) electrons. The third-order valence-electron chi connectivity index (χ3n) is 3.30. The summed E-state index contributed by atoms with van der Waals surface area (Å²) in [6.45, 7) is 0. The molecular formula is C14H10ClF3N4. The summed E-state index contributed by atoms with van der Waals surface area (Å²) in [5.74, 6) is 0. The zero-order valence-corrected chi connectivity index (χ0v) is 11.8. The van der Waals surface area contributed by atoms with E-state index in [0.29, 0.717) is 11.3 Å². The number of hydrogen-bond acceptors (Lipinski definition) is 3. The minimum atomic E-state index is -4.50. The summed E-state index contributed by atoms with van der Waals surface area (Å²) in [6.07, 6.45) is 0.996. The van der Waals surface area contributed by atoms with Crippen molar-refractivity contribution in [3.63, 3.8) is 0 Å². The van der Waals surface area contributed by atoms with Gasteiger partial charge >= 0.3 is 6.18 Å². The van der Waals surface area contributed by atoms with E-state index in [1.165, 1.54) is 10.6 Å². The van der Waals surface area contributed by atoms with Gasteiger partial charge in [0.05, 0.1) is 28.5 Å². The van der Waals surface area contributed by atoms with Crippen LogP contribution in [-0.4, -0.2) is 14.4 Å². The van der Waals surface area contributed by atoms with Crippen LogP contribution in [0.2, 0.25) is 5.02 Å². The normalized spacial score (nSPS) is 13.5. The van der Waals surface area contributed by atoms with Crippen LogP contribution >= 0.6 is 11.6 Å². The predicted molar refractivity (Wildman–Crippen MR) is 75.5 cm³/mol. The van der Waals surface area contributed by atoms with Crippen LogP contribution in [0.25, 0.3) is 5.65 Å². The molecule has 1 unspecified atom stereocenters. The smallest absolute Gasteiger partial charge is 0.319 e. The van der Waals surface area contributed by atoms with Crippen molar-refractivity contribution >= 4 is 17.2 Å². The van der Waals surface area contributed by atoms with Crippen molar-refractivity contribution in [3.05, 3.63) is 64.8 Å². The Balaban J connectivity index is 2.17. The first-order chi connectivity index (χ1) is 10.4. The molecule has 0 aliphatic heterocycles. The molecule has 0 aliphatic rings. The average Bonchev–Trinajstić information content (AvgIpc) is 2.91. The van der Waals surface area contributed by atoms with Gasteiger partial charge in [-0.05, 0) is 23.8 Å². The van der Waals surface area contributed by atoms with Gasteiger partial charge in [0.15, 0.2) is 5.65 Å². The van der Waals surface area contributed by atoms with Gasteiger partial charge in [0.2, 0.25) is 0 Å². The summed E-state index contributed by atoms with van der Waals surface area (Å²) >= 11 is 5.90. The number of rotatable bonds is 2. The fourth-order valence-electron chi connectivity index (χ4n) is 2.19. The molecule has 4 nitrogen and oxygen atoms in total. The Morgan fingerprint density at radius 3 is 2.55 bits per heavy atom. The maximum absolute atomic E-state index is 12.9. The van der Waals surface area contributed by atoms with Crippen molar-refractivity contribution in [2.45, 2.75) is 12.2 Å². The van der Waals surface area contributed by atoms with Crippen LogP contribution in [0.3, 0.4) is 0 Å². The summed E-state index contributed by atoms with van der Waals surface area (Å²) in [4.78, 5) is 7.94. The van der Waals surface area contributed by atoms with E-state index in [-0.39, 0.29) is 10.7 Å². The molecule has 0 bridgehead atoms. The first kappa shape index (κ1) is 14.8. The number of hydrogen-bond donors (Lipinski definition) is 1. The van der Waals surface area contributed by atoms with E-state index in [9.17, 15) is 13.2 Å². The van der Waals surface area contributed by atoms with E-state index in [1.807, 2.05) is 0 Å². The van der Waals surface area contributed by atoms with E-state index in [0.717, 1.165) is 12.3 Å². The maximum Gasteiger partial charge on any atom is 0.417 e. The number of imidazole rings is 1. The zero-order valence-electron chi connectivity index (χ0n) is 11.0. The number of nitrogens with two attached hydrogens (primary N) is 1. The van der Waals surface area contributed by atoms with Crippen LogP contribution in [-0.2, 0) is 6.18 Å². The molecule has 0 spiro atoms. The van der Waals surface area contributed by atoms with Gasteiger partial charge in [0.25, 0.3) is 0 Å². The molecule has 8 heteroatoms. The third-order valence-corrected chi connectivity index (χ3v) is 3.58. The zero-order chi connectivity index (χ0) is 15.9. The van der Waals surface area contributed by atoms with Crippen LogP contribution in [0.1, 0.15) is 22.9 Å². The molecule has 3 aromatic heterocycles. The summed E-state index contributed by atoms with van der Waals surface area (Å²) in [5.41, 5.74) is 6.62. The summed E-state index contributed by atoms with van der Waals surface area (Å²) < 4.78 is 40.1. The van der Waals surface area contributed by atoms with Gasteiger partial charge in [0, 0.05) is 18.6 Å². The summed E-state index contributed by atoms with van der Waals surface area (Å²) in [5, 5.41) is -0.0806. The molecule has 0 fully saturated rings. The van der Waals surface area contributed by atoms with Gasteiger partial charge in [-0.2, -0.15) is 13.2 Å². The molecule has 0 amide bonds. The molecule has 1 atom stereocenters. The number of pyridine rings is 2. The van der Waals surface area contributed by atoms with Crippen LogP contribution < -0.4 is 5.73 Å². The Hall–Kier alpha value is -2.12. The Labute approximate surface area is 128 Å². The lowest BCUT2D eigenvalue weighted by Crippen LogP contribution is -2.15. The maximum atomic E-state index is 12.9. The van der Waals surface area contributed by atoms with Crippen molar-refractivity contribution < 1.29 is 13.2 Å². The van der Waals surface area contributed by atoms with Crippen molar-refractivity contribution in [1.82, 2.24) is 14.4 Å². The van der Waals surface area contributed by atoms with Crippen molar-refractivity contribution in [2.24, 2.45) is 5.73 Å². The lowest BCUT2D eigenvalue weighted by Gasteiger charge is -2.14. The number of halogens is 4. The molecular weight excluding hydrogens is 317 g/mol. The number of nitrogens with zero attached hydrogens (tertiary/aromatic N) is 3. The van der Waals surface area contributed by atoms with E-state index < -0.39 is 17.8 Å². The van der Waals surface area contributed by atoms with Gasteiger partial charge in [-0.3, -0.25) is 4.98 Å². The molecule has 2 N–H and O–H groups in total. The van der Waals surface area contributed by atoms with E-state index in [1.54, 1.807) is 24.5 Å². The first-order valence-electron chi connectivity index (χ1n) is 6.27. The monoisotopic (exact) mass is 326 g/mol. The van der Waals surface area contributed by atoms with E-state index >= 15 is 0 Å². The van der Waals surface area contributed by atoms with Crippen LogP contribution in [0.4, 0.5) is 13.2 Å². The highest BCUT2D eigenvalue weighted by Crippen LogP contribution is 2.33. The standard InChI is InChI=1S/C14H10ClF3N4/c15-10-5-9(14(16,17)18)7-22-11(6-21-13(10)22)12(19)8-1-3-20-4-2-8/h1-7,12H,19H2. The van der Waals surface area contributed by atoms with Gasteiger partial charge in [0.1, 0.15) is 0 Å². The van der Waals surface area contributed by atoms with Gasteiger partial charge < -0.3 is 10.1 Å². The topological polar surface area (TPSA) is 56.2 Å². The molecule has 0 saturated heterocycles. The highest BCUT2D eigenvalue weighted by atomic mass is 35.5. The number of fused-ring (bicyclic) bond motifs is 1. The molecule has 3 heterocycles. The predicted octanol–water partition coefficient (Wildman–Crippen LogP) is 3.45. The second kappa shape index (κ2) is 5.26.